The van der Waals surface area contributed by atoms with Gasteiger partial charge in [-0.25, -0.2) is 4.99 Å². The fourth-order valence-corrected chi connectivity index (χ4v) is 3.97. The second-order valence-electron chi connectivity index (χ2n) is 4.43. The smallest absolute Gasteiger partial charge is 0.399 e. The molecular formula is C14H11F3N2O2S. The minimum atomic E-state index is -4.85. The molecule has 22 heavy (non-hydrogen) atoms. The Morgan fingerprint density at radius 3 is 2.36 bits per heavy atom. The fourth-order valence-electron chi connectivity index (χ4n) is 1.94. The summed E-state index contributed by atoms with van der Waals surface area (Å²) in [6, 6.07) is 12.5. The summed E-state index contributed by atoms with van der Waals surface area (Å²) >= 11 is 0. The zero-order chi connectivity index (χ0) is 15.8. The molecule has 0 aliphatic carbocycles. The van der Waals surface area contributed by atoms with Crippen molar-refractivity contribution in [3.8, 4) is 5.75 Å². The molecule has 1 aliphatic heterocycles. The van der Waals surface area contributed by atoms with E-state index in [9.17, 15) is 13.2 Å². The number of fused-ring (bicyclic) bond motifs is 1. The summed E-state index contributed by atoms with van der Waals surface area (Å²) in [6.45, 7) is 0. The summed E-state index contributed by atoms with van der Waals surface area (Å²) in [6.07, 6.45) is -4.85. The van der Waals surface area contributed by atoms with Gasteiger partial charge < -0.3 is 9.92 Å². The molecule has 3 rings (SSSR count). The maximum Gasteiger partial charge on any atom is 0.542 e. The van der Waals surface area contributed by atoms with Crippen LogP contribution in [0.3, 0.4) is 0 Å². The Hall–Kier alpha value is -2.19. The summed E-state index contributed by atoms with van der Waals surface area (Å²) in [5.41, 5.74) is 7.52. The zero-order valence-electron chi connectivity index (χ0n) is 11.1. The molecule has 1 aliphatic rings. The topological polar surface area (TPSA) is 56.8 Å². The average molecular weight is 328 g/mol. The third-order valence-corrected chi connectivity index (χ3v) is 5.04. The van der Waals surface area contributed by atoms with E-state index in [0.29, 0.717) is 11.4 Å². The molecule has 0 spiro atoms. The molecule has 0 bridgehead atoms. The van der Waals surface area contributed by atoms with Gasteiger partial charge in [0.2, 0.25) is 0 Å². The molecule has 0 saturated heterocycles. The molecule has 0 fully saturated rings. The highest BCUT2D eigenvalue weighted by Gasteiger charge is 2.43. The van der Waals surface area contributed by atoms with Gasteiger partial charge in [0.1, 0.15) is 10.4 Å². The van der Waals surface area contributed by atoms with Crippen LogP contribution in [0.5, 0.6) is 5.75 Å². The van der Waals surface area contributed by atoms with Crippen LogP contribution >= 0.6 is 10.6 Å². The van der Waals surface area contributed by atoms with E-state index in [-0.39, 0.29) is 10.6 Å². The number of hydrogen-bond donors (Lipinski definition) is 1. The van der Waals surface area contributed by atoms with Crippen molar-refractivity contribution in [2.24, 2.45) is 4.99 Å². The largest absolute Gasteiger partial charge is 0.542 e. The van der Waals surface area contributed by atoms with E-state index in [4.69, 9.17) is 9.92 Å². The Morgan fingerprint density at radius 2 is 1.68 bits per heavy atom. The first-order valence-corrected chi connectivity index (χ1v) is 7.71. The molecule has 4 nitrogen and oxygen atoms in total. The third kappa shape index (κ3) is 2.88. The standard InChI is InChI=1S/C14H11F3N2O2S/c15-14(16,17)21-22(20-11-7-5-10(18)6-8-11)9-19-12-3-1-2-4-13(12)22/h1-9H,18H2. The highest BCUT2D eigenvalue weighted by Crippen LogP contribution is 2.64. The predicted octanol–water partition coefficient (Wildman–Crippen LogP) is 4.55. The van der Waals surface area contributed by atoms with Crippen molar-refractivity contribution in [3.63, 3.8) is 0 Å². The molecule has 2 aromatic rings. The van der Waals surface area contributed by atoms with E-state index in [2.05, 4.69) is 9.18 Å². The molecule has 1 atom stereocenters. The zero-order valence-corrected chi connectivity index (χ0v) is 11.9. The first-order valence-electron chi connectivity index (χ1n) is 6.17. The molecular weight excluding hydrogens is 317 g/mol. The number of benzene rings is 2. The van der Waals surface area contributed by atoms with Gasteiger partial charge in [-0.3, -0.25) is 0 Å². The maximum atomic E-state index is 12.9. The first kappa shape index (κ1) is 14.7. The van der Waals surface area contributed by atoms with Gasteiger partial charge in [0, 0.05) is 5.69 Å². The number of para-hydroxylation sites is 1. The summed E-state index contributed by atoms with van der Waals surface area (Å²) in [7, 11) is -3.20. The number of rotatable bonds is 3. The fraction of sp³-hybridized carbons (Fsp3) is 0.0714. The third-order valence-electron chi connectivity index (χ3n) is 2.82. The van der Waals surface area contributed by atoms with Crippen molar-refractivity contribution in [2.75, 3.05) is 5.73 Å². The second kappa shape index (κ2) is 5.22. The highest BCUT2D eigenvalue weighted by molar-refractivity contribution is 8.37. The molecule has 8 heteroatoms. The molecule has 1 unspecified atom stereocenters. The average Bonchev–Trinajstić information content (AvgIpc) is 2.79. The number of nitrogen functional groups attached to an aromatic ring is 1. The van der Waals surface area contributed by atoms with Gasteiger partial charge in [-0.15, -0.1) is 13.2 Å². The number of alkyl halides is 3. The number of nitrogens with two attached hydrogens (primary N) is 1. The van der Waals surface area contributed by atoms with Crippen LogP contribution in [0.4, 0.5) is 24.5 Å². The van der Waals surface area contributed by atoms with Crippen LogP contribution in [0, 0.1) is 0 Å². The molecule has 0 amide bonds. The Balaban J connectivity index is 2.02. The summed E-state index contributed by atoms with van der Waals surface area (Å²) in [5, 5.41) is 0. The number of anilines is 1. The number of hydrogen-bond acceptors (Lipinski definition) is 4. The minimum absolute atomic E-state index is 0.219. The molecule has 0 saturated carbocycles. The molecule has 1 heterocycles. The molecule has 2 N–H and O–H groups in total. The summed E-state index contributed by atoms with van der Waals surface area (Å²) in [4.78, 5) is 4.26. The van der Waals surface area contributed by atoms with Crippen molar-refractivity contribution in [3.05, 3.63) is 48.5 Å². The Kier molecular flexibility index (Phi) is 3.50. The van der Waals surface area contributed by atoms with Crippen LogP contribution in [0.15, 0.2) is 58.4 Å². The maximum absolute atomic E-state index is 12.9. The van der Waals surface area contributed by atoms with E-state index < -0.39 is 17.0 Å². The molecule has 116 valence electrons. The van der Waals surface area contributed by atoms with Gasteiger partial charge in [0.25, 0.3) is 0 Å². The first-order chi connectivity index (χ1) is 10.4. The van der Waals surface area contributed by atoms with Gasteiger partial charge in [0.05, 0.1) is 5.69 Å². The second-order valence-corrected chi connectivity index (χ2v) is 6.50. The van der Waals surface area contributed by atoms with Crippen molar-refractivity contribution in [2.45, 2.75) is 11.3 Å². The van der Waals surface area contributed by atoms with E-state index in [1.807, 2.05) is 0 Å². The van der Waals surface area contributed by atoms with Crippen molar-refractivity contribution in [1.82, 2.24) is 0 Å². The number of halogens is 3. The lowest BCUT2D eigenvalue weighted by Crippen LogP contribution is -2.21. The van der Waals surface area contributed by atoms with Crippen LogP contribution < -0.4 is 9.92 Å². The lowest BCUT2D eigenvalue weighted by atomic mass is 10.3. The van der Waals surface area contributed by atoms with E-state index >= 15 is 0 Å². The lowest BCUT2D eigenvalue weighted by molar-refractivity contribution is -0.271. The Labute approximate surface area is 126 Å². The van der Waals surface area contributed by atoms with Gasteiger partial charge in [-0.1, -0.05) is 22.7 Å². The van der Waals surface area contributed by atoms with Gasteiger partial charge in [-0.05, 0) is 36.4 Å². The monoisotopic (exact) mass is 328 g/mol. The van der Waals surface area contributed by atoms with Gasteiger partial charge in [0.15, 0.2) is 5.75 Å². The van der Waals surface area contributed by atoms with Crippen LogP contribution in [-0.2, 0) is 4.18 Å². The van der Waals surface area contributed by atoms with Crippen molar-refractivity contribution >= 4 is 27.5 Å². The van der Waals surface area contributed by atoms with Crippen LogP contribution in [0.2, 0.25) is 0 Å². The lowest BCUT2D eigenvalue weighted by Gasteiger charge is -2.37. The number of aliphatic imine (C=N–C) groups is 1. The van der Waals surface area contributed by atoms with Gasteiger partial charge >= 0.3 is 6.36 Å². The van der Waals surface area contributed by atoms with Crippen LogP contribution in [0.25, 0.3) is 0 Å². The Morgan fingerprint density at radius 1 is 1.00 bits per heavy atom. The number of nitrogens with zero attached hydrogens (tertiary/aromatic N) is 1. The molecule has 0 radical (unpaired) electrons. The van der Waals surface area contributed by atoms with Crippen LogP contribution in [0.1, 0.15) is 0 Å². The predicted molar refractivity (Wildman–Crippen MR) is 79.1 cm³/mol. The SMILES string of the molecule is Nc1ccc(OS2(OC(F)(F)F)C=Nc3ccccc32)cc1. The highest BCUT2D eigenvalue weighted by atomic mass is 32.3. The van der Waals surface area contributed by atoms with Crippen molar-refractivity contribution in [1.29, 1.82) is 0 Å². The van der Waals surface area contributed by atoms with Crippen molar-refractivity contribution < 1.29 is 21.5 Å². The van der Waals surface area contributed by atoms with E-state index in [1.165, 1.54) is 30.3 Å². The van der Waals surface area contributed by atoms with Gasteiger partial charge in [-0.2, -0.15) is 4.18 Å². The van der Waals surface area contributed by atoms with E-state index in [0.717, 1.165) is 5.55 Å². The summed E-state index contributed by atoms with van der Waals surface area (Å²) < 4.78 is 48.4. The van der Waals surface area contributed by atoms with E-state index in [1.54, 1.807) is 18.2 Å². The summed E-state index contributed by atoms with van der Waals surface area (Å²) in [5.74, 6) is 0.219. The normalized spacial score (nSPS) is 22.9. The Bertz CT molecular complexity index is 719. The minimum Gasteiger partial charge on any atom is -0.399 e. The van der Waals surface area contributed by atoms with Crippen LogP contribution in [-0.4, -0.2) is 11.9 Å². The quantitative estimate of drug-likeness (QED) is 0.841. The molecule has 2 aromatic carbocycles. The molecule has 0 aromatic heterocycles.